The fourth-order valence-corrected chi connectivity index (χ4v) is 2.77. The van der Waals surface area contributed by atoms with Gasteiger partial charge in [0.05, 0.1) is 5.69 Å². The molecule has 0 saturated heterocycles. The standard InChI is InChI=1S/C13H21F2N3/c1-16-12(9-11-5-8-18(2)17-11)10-3-6-13(14,15)7-4-10/h5,8,10,12,16H,3-4,6-7,9H2,1-2H3. The Hall–Kier alpha value is -0.970. The normalized spacial score (nSPS) is 22.0. The second-order valence-electron chi connectivity index (χ2n) is 5.27. The Bertz CT molecular complexity index is 379. The minimum absolute atomic E-state index is 0.0259. The average Bonchev–Trinajstić information content (AvgIpc) is 2.72. The van der Waals surface area contributed by atoms with Gasteiger partial charge in [-0.15, -0.1) is 0 Å². The summed E-state index contributed by atoms with van der Waals surface area (Å²) in [6, 6.07) is 2.23. The number of hydrogen-bond acceptors (Lipinski definition) is 2. The molecule has 1 aromatic heterocycles. The molecule has 2 rings (SSSR count). The van der Waals surface area contributed by atoms with Crippen LogP contribution < -0.4 is 5.32 Å². The highest BCUT2D eigenvalue weighted by Gasteiger charge is 2.37. The molecule has 1 unspecified atom stereocenters. The topological polar surface area (TPSA) is 29.9 Å². The first-order valence-electron chi connectivity index (χ1n) is 6.54. The van der Waals surface area contributed by atoms with Crippen molar-refractivity contribution in [1.82, 2.24) is 15.1 Å². The monoisotopic (exact) mass is 257 g/mol. The van der Waals surface area contributed by atoms with Gasteiger partial charge < -0.3 is 5.32 Å². The molecular weight excluding hydrogens is 236 g/mol. The summed E-state index contributed by atoms with van der Waals surface area (Å²) in [5.74, 6) is -2.11. The molecule has 1 N–H and O–H groups in total. The van der Waals surface area contributed by atoms with E-state index in [4.69, 9.17) is 0 Å². The highest BCUT2D eigenvalue weighted by Crippen LogP contribution is 2.37. The molecule has 0 amide bonds. The molecule has 1 aliphatic rings. The summed E-state index contributed by atoms with van der Waals surface area (Å²) in [4.78, 5) is 0. The second-order valence-corrected chi connectivity index (χ2v) is 5.27. The van der Waals surface area contributed by atoms with Crippen LogP contribution in [0.1, 0.15) is 31.4 Å². The molecular formula is C13H21F2N3. The predicted molar refractivity (Wildman–Crippen MR) is 66.7 cm³/mol. The van der Waals surface area contributed by atoms with Gasteiger partial charge in [0.25, 0.3) is 0 Å². The van der Waals surface area contributed by atoms with Crippen molar-refractivity contribution in [2.24, 2.45) is 13.0 Å². The van der Waals surface area contributed by atoms with Crippen molar-refractivity contribution in [1.29, 1.82) is 0 Å². The van der Waals surface area contributed by atoms with Crippen molar-refractivity contribution < 1.29 is 8.78 Å². The molecule has 0 aliphatic heterocycles. The van der Waals surface area contributed by atoms with Crippen molar-refractivity contribution in [2.45, 2.75) is 44.1 Å². The van der Waals surface area contributed by atoms with E-state index in [-0.39, 0.29) is 18.9 Å². The van der Waals surface area contributed by atoms with E-state index in [2.05, 4.69) is 10.4 Å². The molecule has 1 aromatic rings. The molecule has 1 saturated carbocycles. The lowest BCUT2D eigenvalue weighted by Gasteiger charge is -2.33. The summed E-state index contributed by atoms with van der Waals surface area (Å²) >= 11 is 0. The van der Waals surface area contributed by atoms with Crippen LogP contribution in [0, 0.1) is 5.92 Å². The summed E-state index contributed by atoms with van der Waals surface area (Å²) in [7, 11) is 3.79. The van der Waals surface area contributed by atoms with Crippen LogP contribution in [0.4, 0.5) is 8.78 Å². The number of halogens is 2. The molecule has 1 heterocycles. The Labute approximate surface area is 107 Å². The fraction of sp³-hybridized carbons (Fsp3) is 0.769. The van der Waals surface area contributed by atoms with Crippen LogP contribution in [0.25, 0.3) is 0 Å². The lowest BCUT2D eigenvalue weighted by Crippen LogP contribution is -2.39. The molecule has 18 heavy (non-hydrogen) atoms. The van der Waals surface area contributed by atoms with Gasteiger partial charge in [-0.1, -0.05) is 0 Å². The van der Waals surface area contributed by atoms with E-state index in [0.717, 1.165) is 12.1 Å². The summed E-state index contributed by atoms with van der Waals surface area (Å²) in [6.07, 6.45) is 3.98. The van der Waals surface area contributed by atoms with Gasteiger partial charge in [-0.25, -0.2) is 8.78 Å². The highest BCUT2D eigenvalue weighted by atomic mass is 19.3. The Morgan fingerprint density at radius 3 is 2.67 bits per heavy atom. The Morgan fingerprint density at radius 2 is 2.17 bits per heavy atom. The SMILES string of the molecule is CNC(Cc1ccn(C)n1)C1CCC(F)(F)CC1. The van der Waals surface area contributed by atoms with Crippen molar-refractivity contribution in [3.63, 3.8) is 0 Å². The van der Waals surface area contributed by atoms with Crippen LogP contribution in [0.3, 0.4) is 0 Å². The van der Waals surface area contributed by atoms with Crippen molar-refractivity contribution >= 4 is 0 Å². The first-order chi connectivity index (χ1) is 8.50. The lowest BCUT2D eigenvalue weighted by atomic mass is 9.80. The second kappa shape index (κ2) is 5.34. The van der Waals surface area contributed by atoms with Crippen LogP contribution in [0.5, 0.6) is 0 Å². The zero-order valence-corrected chi connectivity index (χ0v) is 11.0. The average molecular weight is 257 g/mol. The van der Waals surface area contributed by atoms with Crippen LogP contribution in [0.2, 0.25) is 0 Å². The molecule has 1 atom stereocenters. The van der Waals surface area contributed by atoms with Gasteiger partial charge in [-0.05, 0) is 31.9 Å². The smallest absolute Gasteiger partial charge is 0.248 e. The van der Waals surface area contributed by atoms with Gasteiger partial charge in [-0.3, -0.25) is 4.68 Å². The third-order valence-electron chi connectivity index (χ3n) is 3.90. The molecule has 102 valence electrons. The number of hydrogen-bond donors (Lipinski definition) is 1. The minimum Gasteiger partial charge on any atom is -0.316 e. The number of likely N-dealkylation sites (N-methyl/N-ethyl adjacent to an activating group) is 1. The van der Waals surface area contributed by atoms with Crippen LogP contribution in [-0.2, 0) is 13.5 Å². The fourth-order valence-electron chi connectivity index (χ4n) is 2.77. The third-order valence-corrected chi connectivity index (χ3v) is 3.90. The number of aromatic nitrogens is 2. The molecule has 0 aromatic carbocycles. The zero-order chi connectivity index (χ0) is 13.2. The molecule has 0 spiro atoms. The van der Waals surface area contributed by atoms with E-state index in [9.17, 15) is 8.78 Å². The first-order valence-corrected chi connectivity index (χ1v) is 6.54. The quantitative estimate of drug-likeness (QED) is 0.897. The van der Waals surface area contributed by atoms with Crippen molar-refractivity contribution in [3.05, 3.63) is 18.0 Å². The van der Waals surface area contributed by atoms with E-state index in [0.29, 0.717) is 18.8 Å². The summed E-state index contributed by atoms with van der Waals surface area (Å²) in [5.41, 5.74) is 1.02. The number of nitrogens with zero attached hydrogens (tertiary/aromatic N) is 2. The number of rotatable bonds is 4. The summed E-state index contributed by atoms with van der Waals surface area (Å²) in [5, 5.41) is 7.61. The molecule has 1 aliphatic carbocycles. The lowest BCUT2D eigenvalue weighted by molar-refractivity contribution is -0.0493. The van der Waals surface area contributed by atoms with Gasteiger partial charge in [0.15, 0.2) is 0 Å². The summed E-state index contributed by atoms with van der Waals surface area (Å²) in [6.45, 7) is 0. The van der Waals surface area contributed by atoms with Gasteiger partial charge >= 0.3 is 0 Å². The molecule has 0 radical (unpaired) electrons. The van der Waals surface area contributed by atoms with Crippen LogP contribution in [-0.4, -0.2) is 28.8 Å². The van der Waals surface area contributed by atoms with Gasteiger partial charge in [0.1, 0.15) is 0 Å². The van der Waals surface area contributed by atoms with Gasteiger partial charge in [0.2, 0.25) is 5.92 Å². The first kappa shape index (κ1) is 13.5. The number of nitrogens with one attached hydrogen (secondary N) is 1. The number of aryl methyl sites for hydroxylation is 1. The van der Waals surface area contributed by atoms with Gasteiger partial charge in [-0.2, -0.15) is 5.10 Å². The molecule has 3 nitrogen and oxygen atoms in total. The Morgan fingerprint density at radius 1 is 1.50 bits per heavy atom. The van der Waals surface area contributed by atoms with Crippen LogP contribution >= 0.6 is 0 Å². The van der Waals surface area contributed by atoms with E-state index in [1.165, 1.54) is 0 Å². The third kappa shape index (κ3) is 3.28. The molecule has 1 fully saturated rings. The number of alkyl halides is 2. The maximum absolute atomic E-state index is 13.1. The Balaban J connectivity index is 1.93. The van der Waals surface area contributed by atoms with Crippen molar-refractivity contribution in [3.8, 4) is 0 Å². The summed E-state index contributed by atoms with van der Waals surface area (Å²) < 4.78 is 28.1. The predicted octanol–water partition coefficient (Wildman–Crippen LogP) is 2.38. The van der Waals surface area contributed by atoms with E-state index < -0.39 is 5.92 Å². The highest BCUT2D eigenvalue weighted by molar-refractivity contribution is 5.02. The molecule has 0 bridgehead atoms. The maximum atomic E-state index is 13.1. The minimum atomic E-state index is -2.44. The van der Waals surface area contributed by atoms with E-state index in [1.54, 1.807) is 4.68 Å². The van der Waals surface area contributed by atoms with E-state index >= 15 is 0 Å². The maximum Gasteiger partial charge on any atom is 0.248 e. The molecule has 5 heteroatoms. The van der Waals surface area contributed by atoms with Crippen molar-refractivity contribution in [2.75, 3.05) is 7.05 Å². The van der Waals surface area contributed by atoms with Crippen LogP contribution in [0.15, 0.2) is 12.3 Å². The largest absolute Gasteiger partial charge is 0.316 e. The van der Waals surface area contributed by atoms with Gasteiger partial charge in [0, 0.05) is 38.5 Å². The Kier molecular flexibility index (Phi) is 4.00. The zero-order valence-electron chi connectivity index (χ0n) is 11.0. The van der Waals surface area contributed by atoms with E-state index in [1.807, 2.05) is 26.4 Å².